The van der Waals surface area contributed by atoms with Crippen LogP contribution in [0.15, 0.2) is 33.9 Å². The van der Waals surface area contributed by atoms with Crippen molar-refractivity contribution in [2.75, 3.05) is 32.8 Å². The highest BCUT2D eigenvalue weighted by Gasteiger charge is 2.28. The fraction of sp³-hybridized carbons (Fsp3) is 0.550. The van der Waals surface area contributed by atoms with Crippen molar-refractivity contribution in [2.24, 2.45) is 10.9 Å². The molecule has 9 nitrogen and oxygen atoms in total. The number of piperidine rings is 1. The molecule has 2 aromatic rings. The standard InChI is InChI=1S/C20H28N6O3/c1-3-21-20(26-13-7-8-15(14-26)19(27)28-4-2)23-12-10-17-24-18(29-25-17)16-9-5-6-11-22-16/h5-6,9,11,15H,3-4,7-8,10,12-14H2,1-2H3,(H,21,23). The average molecular weight is 400 g/mol. The van der Waals surface area contributed by atoms with Crippen LogP contribution in [-0.2, 0) is 16.0 Å². The summed E-state index contributed by atoms with van der Waals surface area (Å²) in [4.78, 5) is 27.5. The molecule has 0 spiro atoms. The van der Waals surface area contributed by atoms with E-state index in [9.17, 15) is 4.79 Å². The Hall–Kier alpha value is -2.97. The molecule has 1 saturated heterocycles. The smallest absolute Gasteiger partial charge is 0.310 e. The maximum atomic E-state index is 12.1. The van der Waals surface area contributed by atoms with Gasteiger partial charge in [-0.1, -0.05) is 11.2 Å². The lowest BCUT2D eigenvalue weighted by Gasteiger charge is -2.34. The van der Waals surface area contributed by atoms with Crippen LogP contribution in [0, 0.1) is 5.92 Å². The predicted molar refractivity (Wildman–Crippen MR) is 108 cm³/mol. The molecule has 1 atom stereocenters. The molecule has 0 bridgehead atoms. The topological polar surface area (TPSA) is 106 Å². The molecule has 1 aliphatic rings. The van der Waals surface area contributed by atoms with Crippen LogP contribution in [0.2, 0.25) is 0 Å². The summed E-state index contributed by atoms with van der Waals surface area (Å²) in [5, 5.41) is 7.32. The zero-order chi connectivity index (χ0) is 20.5. The first-order chi connectivity index (χ1) is 14.2. The SMILES string of the molecule is CCNC(=NCCc1noc(-c2ccccn2)n1)N1CCCC(C(=O)OCC)C1. The van der Waals surface area contributed by atoms with Crippen molar-refractivity contribution in [1.82, 2.24) is 25.3 Å². The molecule has 0 amide bonds. The number of rotatable bonds is 7. The number of ether oxygens (including phenoxy) is 1. The zero-order valence-electron chi connectivity index (χ0n) is 17.0. The summed E-state index contributed by atoms with van der Waals surface area (Å²) >= 11 is 0. The summed E-state index contributed by atoms with van der Waals surface area (Å²) in [5.41, 5.74) is 0.654. The number of carbonyl (C=O) groups is 1. The zero-order valence-corrected chi connectivity index (χ0v) is 17.0. The Labute approximate surface area is 170 Å². The van der Waals surface area contributed by atoms with Crippen molar-refractivity contribution in [3.63, 3.8) is 0 Å². The van der Waals surface area contributed by atoms with Gasteiger partial charge in [-0.15, -0.1) is 0 Å². The molecule has 3 rings (SSSR count). The molecular weight excluding hydrogens is 372 g/mol. The van der Waals surface area contributed by atoms with Crippen molar-refractivity contribution < 1.29 is 14.1 Å². The van der Waals surface area contributed by atoms with Gasteiger partial charge >= 0.3 is 5.97 Å². The number of nitrogens with zero attached hydrogens (tertiary/aromatic N) is 5. The number of guanidine groups is 1. The number of likely N-dealkylation sites (tertiary alicyclic amines) is 1. The second-order valence-electron chi connectivity index (χ2n) is 6.75. The Morgan fingerprint density at radius 3 is 3.07 bits per heavy atom. The van der Waals surface area contributed by atoms with Gasteiger partial charge in [0.25, 0.3) is 5.89 Å². The number of hydrogen-bond acceptors (Lipinski definition) is 7. The van der Waals surface area contributed by atoms with Gasteiger partial charge in [-0.25, -0.2) is 0 Å². The Kier molecular flexibility index (Phi) is 7.54. The molecule has 0 saturated carbocycles. The highest BCUT2D eigenvalue weighted by atomic mass is 16.5. The molecule has 2 aromatic heterocycles. The number of pyridine rings is 1. The summed E-state index contributed by atoms with van der Waals surface area (Å²) in [6.45, 7) is 7.04. The summed E-state index contributed by atoms with van der Waals surface area (Å²) in [6, 6.07) is 5.54. The van der Waals surface area contributed by atoms with Gasteiger partial charge in [0.05, 0.1) is 12.5 Å². The Balaban J connectivity index is 1.59. The van der Waals surface area contributed by atoms with Crippen LogP contribution in [-0.4, -0.2) is 64.7 Å². The van der Waals surface area contributed by atoms with Crippen molar-refractivity contribution in [2.45, 2.75) is 33.1 Å². The van der Waals surface area contributed by atoms with Gasteiger partial charge in [0.1, 0.15) is 5.69 Å². The molecule has 1 fully saturated rings. The monoisotopic (exact) mass is 400 g/mol. The normalized spacial score (nSPS) is 17.2. The molecule has 1 unspecified atom stereocenters. The molecule has 156 valence electrons. The molecule has 1 aliphatic heterocycles. The van der Waals surface area contributed by atoms with Crippen molar-refractivity contribution >= 4 is 11.9 Å². The maximum absolute atomic E-state index is 12.1. The third-order valence-corrected chi connectivity index (χ3v) is 4.62. The second-order valence-corrected chi connectivity index (χ2v) is 6.75. The van der Waals surface area contributed by atoms with Gasteiger partial charge < -0.3 is 19.5 Å². The summed E-state index contributed by atoms with van der Waals surface area (Å²) in [6.07, 6.45) is 4.04. The summed E-state index contributed by atoms with van der Waals surface area (Å²) in [5.74, 6) is 1.57. The first-order valence-corrected chi connectivity index (χ1v) is 10.1. The van der Waals surface area contributed by atoms with Gasteiger partial charge in [0, 0.05) is 38.8 Å². The maximum Gasteiger partial charge on any atom is 0.310 e. The minimum Gasteiger partial charge on any atom is -0.466 e. The van der Waals surface area contributed by atoms with E-state index in [-0.39, 0.29) is 11.9 Å². The highest BCUT2D eigenvalue weighted by molar-refractivity contribution is 5.81. The first-order valence-electron chi connectivity index (χ1n) is 10.1. The molecular formula is C20H28N6O3. The van der Waals surface area contributed by atoms with Gasteiger partial charge in [-0.05, 0) is 38.8 Å². The lowest BCUT2D eigenvalue weighted by Crippen LogP contribution is -2.48. The quantitative estimate of drug-likeness (QED) is 0.427. The van der Waals surface area contributed by atoms with Crippen molar-refractivity contribution in [1.29, 1.82) is 0 Å². The van der Waals surface area contributed by atoms with Crippen molar-refractivity contribution in [3.8, 4) is 11.6 Å². The summed E-state index contributed by atoms with van der Waals surface area (Å²) < 4.78 is 10.5. The van der Waals surface area contributed by atoms with Crippen LogP contribution in [0.25, 0.3) is 11.6 Å². The van der Waals surface area contributed by atoms with Crippen LogP contribution in [0.5, 0.6) is 0 Å². The van der Waals surface area contributed by atoms with E-state index in [1.807, 2.05) is 32.0 Å². The van der Waals surface area contributed by atoms with Crippen LogP contribution >= 0.6 is 0 Å². The molecule has 0 aliphatic carbocycles. The minimum absolute atomic E-state index is 0.106. The molecule has 0 aromatic carbocycles. The van der Waals surface area contributed by atoms with E-state index in [1.54, 1.807) is 6.20 Å². The number of esters is 1. The number of carbonyl (C=O) groups excluding carboxylic acids is 1. The van der Waals surface area contributed by atoms with E-state index in [0.717, 1.165) is 31.9 Å². The predicted octanol–water partition coefficient (Wildman–Crippen LogP) is 1.91. The number of aliphatic imine (C=N–C) groups is 1. The van der Waals surface area contributed by atoms with Crippen LogP contribution in [0.1, 0.15) is 32.5 Å². The number of aromatic nitrogens is 3. The molecule has 9 heteroatoms. The van der Waals surface area contributed by atoms with E-state index in [4.69, 9.17) is 14.3 Å². The fourth-order valence-electron chi connectivity index (χ4n) is 3.26. The van der Waals surface area contributed by atoms with E-state index < -0.39 is 0 Å². The van der Waals surface area contributed by atoms with E-state index >= 15 is 0 Å². The lowest BCUT2D eigenvalue weighted by molar-refractivity contribution is -0.149. The van der Waals surface area contributed by atoms with E-state index in [2.05, 4.69) is 25.3 Å². The molecule has 3 heterocycles. The molecule has 0 radical (unpaired) electrons. The lowest BCUT2D eigenvalue weighted by atomic mass is 9.98. The number of nitrogens with one attached hydrogen (secondary N) is 1. The van der Waals surface area contributed by atoms with Gasteiger partial charge in [-0.2, -0.15) is 4.98 Å². The Morgan fingerprint density at radius 2 is 2.31 bits per heavy atom. The van der Waals surface area contributed by atoms with Crippen LogP contribution < -0.4 is 5.32 Å². The third kappa shape index (κ3) is 5.75. The third-order valence-electron chi connectivity index (χ3n) is 4.62. The largest absolute Gasteiger partial charge is 0.466 e. The Bertz CT molecular complexity index is 808. The average Bonchev–Trinajstić information content (AvgIpc) is 3.23. The van der Waals surface area contributed by atoms with Crippen molar-refractivity contribution in [3.05, 3.63) is 30.2 Å². The number of hydrogen-bond donors (Lipinski definition) is 1. The Morgan fingerprint density at radius 1 is 1.41 bits per heavy atom. The van der Waals surface area contributed by atoms with E-state index in [1.165, 1.54) is 0 Å². The fourth-order valence-corrected chi connectivity index (χ4v) is 3.26. The second kappa shape index (κ2) is 10.5. The van der Waals surface area contributed by atoms with Gasteiger partial charge in [-0.3, -0.25) is 14.8 Å². The van der Waals surface area contributed by atoms with Crippen LogP contribution in [0.3, 0.4) is 0 Å². The summed E-state index contributed by atoms with van der Waals surface area (Å²) in [7, 11) is 0. The molecule has 29 heavy (non-hydrogen) atoms. The van der Waals surface area contributed by atoms with Gasteiger partial charge in [0.2, 0.25) is 0 Å². The van der Waals surface area contributed by atoms with Gasteiger partial charge in [0.15, 0.2) is 11.8 Å². The van der Waals surface area contributed by atoms with E-state index in [0.29, 0.717) is 43.5 Å². The highest BCUT2D eigenvalue weighted by Crippen LogP contribution is 2.18. The minimum atomic E-state index is -0.123. The van der Waals surface area contributed by atoms with Crippen LogP contribution in [0.4, 0.5) is 0 Å². The first kappa shape index (κ1) is 20.8. The molecule has 1 N–H and O–H groups in total.